The van der Waals surface area contributed by atoms with Crippen LogP contribution in [0.25, 0.3) is 6.08 Å². The van der Waals surface area contributed by atoms with Gasteiger partial charge in [-0.2, -0.15) is 0 Å². The van der Waals surface area contributed by atoms with Gasteiger partial charge < -0.3 is 14.6 Å². The predicted octanol–water partition coefficient (Wildman–Crippen LogP) is 2.85. The summed E-state index contributed by atoms with van der Waals surface area (Å²) >= 11 is 6.53. The molecule has 1 saturated heterocycles. The number of hydrogen-bond donors (Lipinski definition) is 3. The Morgan fingerprint density at radius 2 is 1.79 bits per heavy atom. The van der Waals surface area contributed by atoms with Crippen molar-refractivity contribution in [2.24, 2.45) is 0 Å². The third kappa shape index (κ3) is 6.27. The van der Waals surface area contributed by atoms with E-state index in [1.807, 2.05) is 6.07 Å². The second-order valence-electron chi connectivity index (χ2n) is 7.10. The third-order valence-electron chi connectivity index (χ3n) is 4.81. The minimum Gasteiger partial charge on any atom is -0.508 e. The molecule has 0 unspecified atom stereocenters. The summed E-state index contributed by atoms with van der Waals surface area (Å²) in [7, 11) is 3.09. The highest BCUT2D eigenvalue weighted by Crippen LogP contribution is 2.34. The molecule has 0 aliphatic carbocycles. The van der Waals surface area contributed by atoms with Crippen molar-refractivity contribution in [3.63, 3.8) is 0 Å². The van der Waals surface area contributed by atoms with Gasteiger partial charge in [0.1, 0.15) is 10.1 Å². The second-order valence-corrected chi connectivity index (χ2v) is 8.78. The number of ether oxygens (including phenoxy) is 2. The van der Waals surface area contributed by atoms with Gasteiger partial charge in [-0.15, -0.1) is 0 Å². The molecule has 34 heavy (non-hydrogen) atoms. The van der Waals surface area contributed by atoms with E-state index in [1.165, 1.54) is 48.0 Å². The topological polar surface area (TPSA) is 117 Å². The number of benzene rings is 2. The standard InChI is InChI=1S/C23H23N3O6S2/c1-31-17-10-5-14(12-18(17)32-2)13-19-22(30)26(23(33)34-19)11-3-4-20(28)24-25-21(29)15-6-8-16(27)9-7-15/h5-10,12-13,27H,3-4,11H2,1-2H3,(H,24,28)(H,25,29). The number of phenols is 1. The Labute approximate surface area is 206 Å². The SMILES string of the molecule is COc1ccc(C=C2SC(=S)N(CCCC(=O)NNC(=O)c3ccc(O)cc3)C2=O)cc1OC. The smallest absolute Gasteiger partial charge is 0.269 e. The zero-order chi connectivity index (χ0) is 24.7. The molecule has 0 atom stereocenters. The first kappa shape index (κ1) is 25.1. The molecule has 0 radical (unpaired) electrons. The number of aromatic hydroxyl groups is 1. The van der Waals surface area contributed by atoms with Crippen LogP contribution in [0.3, 0.4) is 0 Å². The van der Waals surface area contributed by atoms with Gasteiger partial charge in [-0.25, -0.2) is 0 Å². The molecule has 1 fully saturated rings. The molecule has 2 aromatic carbocycles. The Morgan fingerprint density at radius 1 is 1.09 bits per heavy atom. The average Bonchev–Trinajstić information content (AvgIpc) is 3.10. The quantitative estimate of drug-likeness (QED) is 0.287. The summed E-state index contributed by atoms with van der Waals surface area (Å²) < 4.78 is 10.9. The fraction of sp³-hybridized carbons (Fsp3) is 0.217. The number of rotatable bonds is 8. The Hall–Kier alpha value is -3.57. The normalized spacial score (nSPS) is 14.3. The van der Waals surface area contributed by atoms with E-state index < -0.39 is 11.8 Å². The predicted molar refractivity (Wildman–Crippen MR) is 132 cm³/mol. The van der Waals surface area contributed by atoms with Crippen molar-refractivity contribution in [3.8, 4) is 17.2 Å². The number of thioether (sulfide) groups is 1. The number of hydrogen-bond acceptors (Lipinski definition) is 8. The minimum atomic E-state index is -0.509. The first-order valence-electron chi connectivity index (χ1n) is 10.2. The molecule has 2 aromatic rings. The van der Waals surface area contributed by atoms with E-state index in [0.717, 1.165) is 5.56 Å². The molecule has 9 nitrogen and oxygen atoms in total. The van der Waals surface area contributed by atoms with Crippen LogP contribution in [-0.2, 0) is 9.59 Å². The molecule has 11 heteroatoms. The molecule has 0 spiro atoms. The maximum Gasteiger partial charge on any atom is 0.269 e. The van der Waals surface area contributed by atoms with Gasteiger partial charge in [0.2, 0.25) is 5.91 Å². The number of carbonyl (C=O) groups excluding carboxylic acids is 3. The van der Waals surface area contributed by atoms with Gasteiger partial charge >= 0.3 is 0 Å². The van der Waals surface area contributed by atoms with E-state index >= 15 is 0 Å². The fourth-order valence-electron chi connectivity index (χ4n) is 3.06. The van der Waals surface area contributed by atoms with Gasteiger partial charge in [-0.1, -0.05) is 30.0 Å². The summed E-state index contributed by atoms with van der Waals surface area (Å²) in [5.41, 5.74) is 5.69. The first-order chi connectivity index (χ1) is 16.3. The average molecular weight is 502 g/mol. The van der Waals surface area contributed by atoms with Crippen LogP contribution in [0.1, 0.15) is 28.8 Å². The van der Waals surface area contributed by atoms with Crippen molar-refractivity contribution in [1.82, 2.24) is 15.8 Å². The number of phenolic OH excluding ortho intramolecular Hbond substituents is 1. The van der Waals surface area contributed by atoms with E-state index in [4.69, 9.17) is 21.7 Å². The third-order valence-corrected chi connectivity index (χ3v) is 6.19. The van der Waals surface area contributed by atoms with Gasteiger partial charge in [0.25, 0.3) is 11.8 Å². The molecule has 1 aliphatic heterocycles. The van der Waals surface area contributed by atoms with Gasteiger partial charge in [-0.05, 0) is 54.5 Å². The maximum atomic E-state index is 12.8. The van der Waals surface area contributed by atoms with Crippen LogP contribution in [0.15, 0.2) is 47.4 Å². The number of hydrazine groups is 1. The van der Waals surface area contributed by atoms with Crippen LogP contribution < -0.4 is 20.3 Å². The lowest BCUT2D eigenvalue weighted by Crippen LogP contribution is -2.41. The van der Waals surface area contributed by atoms with Crippen LogP contribution in [0.2, 0.25) is 0 Å². The van der Waals surface area contributed by atoms with Crippen LogP contribution >= 0.6 is 24.0 Å². The van der Waals surface area contributed by atoms with E-state index in [1.54, 1.807) is 25.3 Å². The van der Waals surface area contributed by atoms with Crippen LogP contribution in [-0.4, -0.2) is 52.8 Å². The molecule has 0 bridgehead atoms. The van der Waals surface area contributed by atoms with Crippen LogP contribution in [0, 0.1) is 0 Å². The molecular weight excluding hydrogens is 478 g/mol. The van der Waals surface area contributed by atoms with E-state index in [-0.39, 0.29) is 30.2 Å². The van der Waals surface area contributed by atoms with Crippen molar-refractivity contribution >= 4 is 52.1 Å². The maximum absolute atomic E-state index is 12.8. The van der Waals surface area contributed by atoms with Crippen molar-refractivity contribution in [3.05, 3.63) is 58.5 Å². The van der Waals surface area contributed by atoms with Crippen LogP contribution in [0.5, 0.6) is 17.2 Å². The van der Waals surface area contributed by atoms with Crippen LogP contribution in [0.4, 0.5) is 0 Å². The lowest BCUT2D eigenvalue weighted by molar-refractivity contribution is -0.124. The number of amides is 3. The monoisotopic (exact) mass is 501 g/mol. The number of carbonyl (C=O) groups is 3. The minimum absolute atomic E-state index is 0.0369. The Balaban J connectivity index is 1.49. The van der Waals surface area contributed by atoms with E-state index in [2.05, 4.69) is 10.9 Å². The number of nitrogens with zero attached hydrogens (tertiary/aromatic N) is 1. The molecule has 0 aromatic heterocycles. The highest BCUT2D eigenvalue weighted by Gasteiger charge is 2.31. The molecule has 3 N–H and O–H groups in total. The molecule has 3 rings (SSSR count). The highest BCUT2D eigenvalue weighted by molar-refractivity contribution is 8.26. The van der Waals surface area contributed by atoms with Gasteiger partial charge in [-0.3, -0.25) is 30.1 Å². The number of thiocarbonyl (C=S) groups is 1. The summed E-state index contributed by atoms with van der Waals surface area (Å²) in [6.45, 7) is 0.271. The number of nitrogens with one attached hydrogen (secondary N) is 2. The lowest BCUT2D eigenvalue weighted by Gasteiger charge is -2.14. The fourth-order valence-corrected chi connectivity index (χ4v) is 4.37. The van der Waals surface area contributed by atoms with Crippen molar-refractivity contribution in [2.75, 3.05) is 20.8 Å². The zero-order valence-corrected chi connectivity index (χ0v) is 20.1. The molecule has 3 amide bonds. The summed E-state index contributed by atoms with van der Waals surface area (Å²) in [6, 6.07) is 10.9. The Bertz CT molecular complexity index is 1130. The van der Waals surface area contributed by atoms with Gasteiger partial charge in [0.15, 0.2) is 11.5 Å². The summed E-state index contributed by atoms with van der Waals surface area (Å²) in [5.74, 6) is 0.0321. The van der Waals surface area contributed by atoms with Crippen molar-refractivity contribution in [1.29, 1.82) is 0 Å². The lowest BCUT2D eigenvalue weighted by atomic mass is 10.2. The molecule has 0 saturated carbocycles. The second kappa shape index (κ2) is 11.5. The Morgan fingerprint density at radius 3 is 2.47 bits per heavy atom. The van der Waals surface area contributed by atoms with Gasteiger partial charge in [0, 0.05) is 18.5 Å². The highest BCUT2D eigenvalue weighted by atomic mass is 32.2. The summed E-state index contributed by atoms with van der Waals surface area (Å²) in [5, 5.41) is 9.26. The summed E-state index contributed by atoms with van der Waals surface area (Å²) in [6.07, 6.45) is 2.17. The van der Waals surface area contributed by atoms with Crippen molar-refractivity contribution < 1.29 is 29.0 Å². The van der Waals surface area contributed by atoms with E-state index in [9.17, 15) is 19.5 Å². The summed E-state index contributed by atoms with van der Waals surface area (Å²) in [4.78, 5) is 38.8. The molecule has 1 heterocycles. The van der Waals surface area contributed by atoms with Gasteiger partial charge in [0.05, 0.1) is 19.1 Å². The molecule has 1 aliphatic rings. The Kier molecular flexibility index (Phi) is 8.50. The number of methoxy groups -OCH3 is 2. The molecule has 178 valence electrons. The first-order valence-corrected chi connectivity index (χ1v) is 11.4. The van der Waals surface area contributed by atoms with Crippen molar-refractivity contribution in [2.45, 2.75) is 12.8 Å². The zero-order valence-electron chi connectivity index (χ0n) is 18.5. The van der Waals surface area contributed by atoms with E-state index in [0.29, 0.717) is 27.1 Å². The largest absolute Gasteiger partial charge is 0.508 e. The molecular formula is C23H23N3O6S2.